The van der Waals surface area contributed by atoms with Gasteiger partial charge in [0.2, 0.25) is 5.75 Å². The molecule has 1 aromatic carbocycles. The summed E-state index contributed by atoms with van der Waals surface area (Å²) >= 11 is 0. The van der Waals surface area contributed by atoms with Crippen molar-refractivity contribution in [2.45, 2.75) is 24.8 Å². The maximum absolute atomic E-state index is 9.78. The Morgan fingerprint density at radius 2 is 1.69 bits per heavy atom. The van der Waals surface area contributed by atoms with Crippen LogP contribution in [0.1, 0.15) is 24.8 Å². The van der Waals surface area contributed by atoms with Crippen LogP contribution in [0.5, 0.6) is 17.2 Å². The summed E-state index contributed by atoms with van der Waals surface area (Å²) < 4.78 is 10.2. The van der Waals surface area contributed by atoms with E-state index in [4.69, 9.17) is 15.2 Å². The van der Waals surface area contributed by atoms with Crippen molar-refractivity contribution in [3.05, 3.63) is 17.7 Å². The van der Waals surface area contributed by atoms with Gasteiger partial charge in [0.25, 0.3) is 0 Å². The van der Waals surface area contributed by atoms with Crippen LogP contribution >= 0.6 is 0 Å². The van der Waals surface area contributed by atoms with E-state index in [1.54, 1.807) is 12.1 Å². The molecular weight excluding hydrogens is 206 g/mol. The lowest BCUT2D eigenvalue weighted by molar-refractivity contribution is 0.250. The Morgan fingerprint density at radius 1 is 1.19 bits per heavy atom. The molecule has 1 aromatic rings. The summed E-state index contributed by atoms with van der Waals surface area (Å²) in [6.45, 7) is 0. The second-order valence-corrected chi connectivity index (χ2v) is 4.24. The van der Waals surface area contributed by atoms with Gasteiger partial charge in [-0.15, -0.1) is 0 Å². The van der Waals surface area contributed by atoms with E-state index in [9.17, 15) is 5.11 Å². The first-order chi connectivity index (χ1) is 7.60. The number of ether oxygens (including phenoxy) is 2. The Balaban J connectivity index is 2.46. The van der Waals surface area contributed by atoms with E-state index in [0.29, 0.717) is 11.5 Å². The van der Waals surface area contributed by atoms with Crippen molar-refractivity contribution in [2.24, 2.45) is 5.73 Å². The molecule has 4 nitrogen and oxygen atoms in total. The number of hydrogen-bond acceptors (Lipinski definition) is 4. The third-order valence-corrected chi connectivity index (χ3v) is 3.30. The molecular formula is C12H17NO3. The molecule has 0 aliphatic heterocycles. The van der Waals surface area contributed by atoms with Gasteiger partial charge in [-0.05, 0) is 37.0 Å². The fourth-order valence-electron chi connectivity index (χ4n) is 2.03. The molecule has 0 bridgehead atoms. The average Bonchev–Trinajstić information content (AvgIpc) is 2.26. The molecule has 88 valence electrons. The van der Waals surface area contributed by atoms with Gasteiger partial charge in [-0.1, -0.05) is 0 Å². The largest absolute Gasteiger partial charge is 0.502 e. The molecule has 0 amide bonds. The van der Waals surface area contributed by atoms with Crippen LogP contribution < -0.4 is 15.2 Å². The minimum Gasteiger partial charge on any atom is -0.502 e. The van der Waals surface area contributed by atoms with E-state index in [1.165, 1.54) is 14.2 Å². The lowest BCUT2D eigenvalue weighted by atomic mass is 9.72. The quantitative estimate of drug-likeness (QED) is 0.819. The molecule has 0 spiro atoms. The zero-order chi connectivity index (χ0) is 11.8. The lowest BCUT2D eigenvalue weighted by Gasteiger charge is -2.39. The predicted octanol–water partition coefficient (Wildman–Crippen LogP) is 1.75. The summed E-state index contributed by atoms with van der Waals surface area (Å²) in [4.78, 5) is 0. The molecule has 1 aliphatic rings. The highest BCUT2D eigenvalue weighted by atomic mass is 16.5. The van der Waals surface area contributed by atoms with Crippen LogP contribution in [0.15, 0.2) is 12.1 Å². The highest BCUT2D eigenvalue weighted by molar-refractivity contribution is 5.54. The summed E-state index contributed by atoms with van der Waals surface area (Å²) in [6, 6.07) is 3.58. The van der Waals surface area contributed by atoms with E-state index < -0.39 is 0 Å². The van der Waals surface area contributed by atoms with Gasteiger partial charge in [0, 0.05) is 5.54 Å². The lowest BCUT2D eigenvalue weighted by Crippen LogP contribution is -2.43. The van der Waals surface area contributed by atoms with Gasteiger partial charge in [-0.25, -0.2) is 0 Å². The molecule has 0 unspecified atom stereocenters. The molecule has 16 heavy (non-hydrogen) atoms. The molecule has 1 aliphatic carbocycles. The summed E-state index contributed by atoms with van der Waals surface area (Å²) in [5, 5.41) is 9.78. The van der Waals surface area contributed by atoms with Gasteiger partial charge >= 0.3 is 0 Å². The number of methoxy groups -OCH3 is 2. The second kappa shape index (κ2) is 3.87. The Labute approximate surface area is 95.0 Å². The summed E-state index contributed by atoms with van der Waals surface area (Å²) in [5.41, 5.74) is 6.91. The van der Waals surface area contributed by atoms with Gasteiger partial charge < -0.3 is 20.3 Å². The molecule has 0 radical (unpaired) electrons. The second-order valence-electron chi connectivity index (χ2n) is 4.24. The monoisotopic (exact) mass is 223 g/mol. The van der Waals surface area contributed by atoms with Crippen molar-refractivity contribution in [1.29, 1.82) is 0 Å². The zero-order valence-electron chi connectivity index (χ0n) is 9.62. The first-order valence-corrected chi connectivity index (χ1v) is 5.35. The van der Waals surface area contributed by atoms with E-state index in [2.05, 4.69) is 0 Å². The topological polar surface area (TPSA) is 64.7 Å². The van der Waals surface area contributed by atoms with Crippen LogP contribution in [-0.4, -0.2) is 19.3 Å². The van der Waals surface area contributed by atoms with Crippen LogP contribution in [0, 0.1) is 0 Å². The molecule has 4 heteroatoms. The number of aromatic hydroxyl groups is 1. The first kappa shape index (κ1) is 11.1. The average molecular weight is 223 g/mol. The predicted molar refractivity (Wildman–Crippen MR) is 60.9 cm³/mol. The molecule has 0 aromatic heterocycles. The van der Waals surface area contributed by atoms with Gasteiger partial charge in [-0.2, -0.15) is 0 Å². The Hall–Kier alpha value is -1.42. The fraction of sp³-hybridized carbons (Fsp3) is 0.500. The van der Waals surface area contributed by atoms with Crippen LogP contribution in [0.3, 0.4) is 0 Å². The van der Waals surface area contributed by atoms with Gasteiger partial charge in [0.05, 0.1) is 14.2 Å². The molecule has 1 fully saturated rings. The Morgan fingerprint density at radius 3 is 2.00 bits per heavy atom. The molecule has 0 heterocycles. The first-order valence-electron chi connectivity index (χ1n) is 5.35. The standard InChI is InChI=1S/C12H17NO3/c1-15-9-6-8(12(13)4-3-5-12)7-10(16-2)11(9)14/h6-7,14H,3-5,13H2,1-2H3. The number of phenolic OH excluding ortho intramolecular Hbond substituents is 1. The smallest absolute Gasteiger partial charge is 0.200 e. The molecule has 0 saturated heterocycles. The minimum absolute atomic E-state index is 0.0247. The highest BCUT2D eigenvalue weighted by Gasteiger charge is 2.35. The number of hydrogen-bond donors (Lipinski definition) is 2. The minimum atomic E-state index is -0.283. The van der Waals surface area contributed by atoms with Gasteiger partial charge in [-0.3, -0.25) is 0 Å². The number of phenols is 1. The van der Waals surface area contributed by atoms with Crippen molar-refractivity contribution >= 4 is 0 Å². The molecule has 1 saturated carbocycles. The summed E-state index contributed by atoms with van der Waals surface area (Å²) in [6.07, 6.45) is 3.07. The van der Waals surface area contributed by atoms with Crippen molar-refractivity contribution in [1.82, 2.24) is 0 Å². The zero-order valence-corrected chi connectivity index (χ0v) is 9.62. The molecule has 0 atom stereocenters. The third-order valence-electron chi connectivity index (χ3n) is 3.30. The number of rotatable bonds is 3. The van der Waals surface area contributed by atoms with Crippen LogP contribution in [0.2, 0.25) is 0 Å². The van der Waals surface area contributed by atoms with Crippen molar-refractivity contribution < 1.29 is 14.6 Å². The molecule has 2 rings (SSSR count). The highest BCUT2D eigenvalue weighted by Crippen LogP contribution is 2.45. The fourth-order valence-corrected chi connectivity index (χ4v) is 2.03. The maximum atomic E-state index is 9.78. The SMILES string of the molecule is COc1cc(C2(N)CCC2)cc(OC)c1O. The van der Waals surface area contributed by atoms with E-state index in [0.717, 1.165) is 24.8 Å². The Kier molecular flexibility index (Phi) is 2.68. The van der Waals surface area contributed by atoms with Crippen molar-refractivity contribution in [2.75, 3.05) is 14.2 Å². The van der Waals surface area contributed by atoms with Gasteiger partial charge in [0.15, 0.2) is 11.5 Å². The normalized spacial score (nSPS) is 17.7. The number of benzene rings is 1. The molecule has 3 N–H and O–H groups in total. The van der Waals surface area contributed by atoms with Crippen LogP contribution in [0.4, 0.5) is 0 Å². The van der Waals surface area contributed by atoms with E-state index in [1.807, 2.05) is 0 Å². The van der Waals surface area contributed by atoms with E-state index >= 15 is 0 Å². The van der Waals surface area contributed by atoms with Gasteiger partial charge in [0.1, 0.15) is 0 Å². The summed E-state index contributed by atoms with van der Waals surface area (Å²) in [7, 11) is 3.03. The van der Waals surface area contributed by atoms with Crippen molar-refractivity contribution in [3.63, 3.8) is 0 Å². The third kappa shape index (κ3) is 1.59. The Bertz CT molecular complexity index is 374. The van der Waals surface area contributed by atoms with Crippen molar-refractivity contribution in [3.8, 4) is 17.2 Å². The van der Waals surface area contributed by atoms with E-state index in [-0.39, 0.29) is 11.3 Å². The van der Waals surface area contributed by atoms with Crippen LogP contribution in [-0.2, 0) is 5.54 Å². The summed E-state index contributed by atoms with van der Waals surface area (Å²) in [5.74, 6) is 0.842. The van der Waals surface area contributed by atoms with Crippen LogP contribution in [0.25, 0.3) is 0 Å². The number of nitrogens with two attached hydrogens (primary N) is 1. The maximum Gasteiger partial charge on any atom is 0.200 e.